The molecule has 1 heterocycles. The average Bonchev–Trinajstić information content (AvgIpc) is 2.62. The molecule has 0 amide bonds. The van der Waals surface area contributed by atoms with Gasteiger partial charge in [-0.2, -0.15) is 17.5 Å². The van der Waals surface area contributed by atoms with Crippen molar-refractivity contribution in [3.63, 3.8) is 0 Å². The van der Waals surface area contributed by atoms with Crippen molar-refractivity contribution in [2.45, 2.75) is 17.2 Å². The number of hydrogen-bond acceptors (Lipinski definition) is 3. The van der Waals surface area contributed by atoms with Crippen LogP contribution < -0.4 is 0 Å². The summed E-state index contributed by atoms with van der Waals surface area (Å²) < 4.78 is 84.7. The summed E-state index contributed by atoms with van der Waals surface area (Å²) in [7, 11) is -4.37. The van der Waals surface area contributed by atoms with Crippen molar-refractivity contribution in [3.05, 3.63) is 65.5 Å². The molecule has 4 nitrogen and oxygen atoms in total. The van der Waals surface area contributed by atoms with Crippen LogP contribution >= 0.6 is 0 Å². The predicted molar refractivity (Wildman–Crippen MR) is 85.3 cm³/mol. The summed E-state index contributed by atoms with van der Waals surface area (Å²) in [5.74, 6) is -0.451. The maximum Gasteiger partial charge on any atom is 0.417 e. The summed E-state index contributed by atoms with van der Waals surface area (Å²) in [6, 6.07) is 9.42. The third kappa shape index (κ3) is 3.74. The molecule has 3 rings (SSSR count). The van der Waals surface area contributed by atoms with E-state index in [1.165, 1.54) is 30.3 Å². The van der Waals surface area contributed by atoms with E-state index in [-0.39, 0.29) is 19.7 Å². The van der Waals surface area contributed by atoms with E-state index in [0.29, 0.717) is 5.56 Å². The molecule has 1 unspecified atom stereocenters. The average molecular weight is 389 g/mol. The van der Waals surface area contributed by atoms with E-state index in [1.807, 2.05) is 0 Å². The van der Waals surface area contributed by atoms with Crippen molar-refractivity contribution < 1.29 is 30.7 Å². The van der Waals surface area contributed by atoms with Gasteiger partial charge in [-0.15, -0.1) is 0 Å². The number of alkyl halides is 3. The molecule has 0 N–H and O–H groups in total. The van der Waals surface area contributed by atoms with Crippen molar-refractivity contribution >= 4 is 10.0 Å². The van der Waals surface area contributed by atoms with Crippen LogP contribution in [-0.2, 0) is 20.9 Å². The molecular formula is C17H15F4NO3S. The quantitative estimate of drug-likeness (QED) is 0.754. The summed E-state index contributed by atoms with van der Waals surface area (Å²) >= 11 is 0. The maximum absolute atomic E-state index is 13.2. The molecule has 1 fully saturated rings. The van der Waals surface area contributed by atoms with E-state index < -0.39 is 38.6 Å². The van der Waals surface area contributed by atoms with Gasteiger partial charge in [-0.1, -0.05) is 24.3 Å². The van der Waals surface area contributed by atoms with Gasteiger partial charge in [-0.05, 0) is 29.8 Å². The second-order valence-corrected chi connectivity index (χ2v) is 7.67. The molecule has 0 aromatic heterocycles. The molecular weight excluding hydrogens is 374 g/mol. The molecule has 0 radical (unpaired) electrons. The number of ether oxygens (including phenoxy) is 1. The SMILES string of the molecule is O=S(=O)(c1ccccc1C(F)(F)F)N1CCOC(c2ccc(F)cc2)C1. The first-order chi connectivity index (χ1) is 12.2. The van der Waals surface area contributed by atoms with Crippen LogP contribution in [-0.4, -0.2) is 32.4 Å². The van der Waals surface area contributed by atoms with E-state index >= 15 is 0 Å². The van der Waals surface area contributed by atoms with Gasteiger partial charge in [0.25, 0.3) is 0 Å². The zero-order valence-corrected chi connectivity index (χ0v) is 14.2. The Labute approximate surface area is 148 Å². The minimum absolute atomic E-state index is 0.0233. The van der Waals surface area contributed by atoms with Crippen LogP contribution in [0.25, 0.3) is 0 Å². The number of nitrogens with zero attached hydrogens (tertiary/aromatic N) is 1. The fraction of sp³-hybridized carbons (Fsp3) is 0.294. The highest BCUT2D eigenvalue weighted by Crippen LogP contribution is 2.36. The monoisotopic (exact) mass is 389 g/mol. The van der Waals surface area contributed by atoms with Gasteiger partial charge < -0.3 is 4.74 Å². The van der Waals surface area contributed by atoms with E-state index in [2.05, 4.69) is 0 Å². The number of halogens is 4. The topological polar surface area (TPSA) is 46.6 Å². The lowest BCUT2D eigenvalue weighted by Crippen LogP contribution is -2.42. The maximum atomic E-state index is 13.2. The fourth-order valence-corrected chi connectivity index (χ4v) is 4.42. The van der Waals surface area contributed by atoms with Crippen molar-refractivity contribution in [2.75, 3.05) is 19.7 Å². The lowest BCUT2D eigenvalue weighted by atomic mass is 10.1. The number of morpholine rings is 1. The second-order valence-electron chi connectivity index (χ2n) is 5.77. The Hall–Kier alpha value is -1.97. The van der Waals surface area contributed by atoms with Gasteiger partial charge >= 0.3 is 6.18 Å². The molecule has 1 atom stereocenters. The molecule has 1 saturated heterocycles. The summed E-state index contributed by atoms with van der Waals surface area (Å²) in [4.78, 5) is -0.785. The van der Waals surface area contributed by atoms with Crippen LogP contribution in [0.5, 0.6) is 0 Å². The first kappa shape index (κ1) is 18.8. The Kier molecular flexibility index (Phi) is 5.05. The van der Waals surface area contributed by atoms with Crippen molar-refractivity contribution in [1.82, 2.24) is 4.31 Å². The summed E-state index contributed by atoms with van der Waals surface area (Å²) in [5.41, 5.74) is -0.653. The third-order valence-corrected chi connectivity index (χ3v) is 6.00. The molecule has 0 bridgehead atoms. The Bertz CT molecular complexity index is 882. The first-order valence-electron chi connectivity index (χ1n) is 7.73. The molecule has 1 aliphatic heterocycles. The van der Waals surface area contributed by atoms with Gasteiger partial charge in [0.05, 0.1) is 23.2 Å². The van der Waals surface area contributed by atoms with E-state index in [4.69, 9.17) is 4.74 Å². The van der Waals surface area contributed by atoms with Crippen LogP contribution in [0.1, 0.15) is 17.2 Å². The van der Waals surface area contributed by atoms with Crippen molar-refractivity contribution in [3.8, 4) is 0 Å². The molecule has 0 saturated carbocycles. The van der Waals surface area contributed by atoms with Crippen molar-refractivity contribution in [2.24, 2.45) is 0 Å². The molecule has 140 valence electrons. The highest BCUT2D eigenvalue weighted by Gasteiger charge is 2.40. The van der Waals surface area contributed by atoms with E-state index in [9.17, 15) is 26.0 Å². The molecule has 2 aromatic rings. The van der Waals surface area contributed by atoms with Crippen LogP contribution in [0, 0.1) is 5.82 Å². The first-order valence-corrected chi connectivity index (χ1v) is 9.17. The molecule has 2 aromatic carbocycles. The van der Waals surface area contributed by atoms with Crippen LogP contribution in [0.3, 0.4) is 0 Å². The number of hydrogen-bond donors (Lipinski definition) is 0. The lowest BCUT2D eigenvalue weighted by Gasteiger charge is -2.33. The van der Waals surface area contributed by atoms with E-state index in [0.717, 1.165) is 22.5 Å². The molecule has 26 heavy (non-hydrogen) atoms. The molecule has 0 spiro atoms. The van der Waals surface area contributed by atoms with Gasteiger partial charge in [-0.25, -0.2) is 12.8 Å². The number of rotatable bonds is 3. The van der Waals surface area contributed by atoms with E-state index in [1.54, 1.807) is 0 Å². The third-order valence-electron chi connectivity index (χ3n) is 4.08. The number of sulfonamides is 1. The van der Waals surface area contributed by atoms with Crippen LogP contribution in [0.15, 0.2) is 53.4 Å². The van der Waals surface area contributed by atoms with Gasteiger partial charge in [0.1, 0.15) is 5.82 Å². The zero-order chi connectivity index (χ0) is 18.9. The van der Waals surface area contributed by atoms with Gasteiger partial charge in [0.2, 0.25) is 10.0 Å². The van der Waals surface area contributed by atoms with Crippen LogP contribution in [0.4, 0.5) is 17.6 Å². The Morgan fingerprint density at radius 3 is 2.35 bits per heavy atom. The summed E-state index contributed by atoms with van der Waals surface area (Å²) in [6.45, 7) is -0.193. The Morgan fingerprint density at radius 2 is 1.69 bits per heavy atom. The van der Waals surface area contributed by atoms with Gasteiger partial charge in [0, 0.05) is 13.1 Å². The standard InChI is InChI=1S/C17H15F4NO3S/c18-13-7-5-12(6-8-13)15-11-22(9-10-25-15)26(23,24)16-4-2-1-3-14(16)17(19,20)21/h1-8,15H,9-11H2. The van der Waals surface area contributed by atoms with Gasteiger partial charge in [0.15, 0.2) is 0 Å². The Morgan fingerprint density at radius 1 is 1.04 bits per heavy atom. The second kappa shape index (κ2) is 6.98. The minimum atomic E-state index is -4.79. The number of benzene rings is 2. The predicted octanol–water partition coefficient (Wildman–Crippen LogP) is 3.61. The van der Waals surface area contributed by atoms with Crippen LogP contribution in [0.2, 0.25) is 0 Å². The van der Waals surface area contributed by atoms with Gasteiger partial charge in [-0.3, -0.25) is 0 Å². The smallest absolute Gasteiger partial charge is 0.371 e. The molecule has 0 aliphatic carbocycles. The molecule has 1 aliphatic rings. The highest BCUT2D eigenvalue weighted by atomic mass is 32.2. The largest absolute Gasteiger partial charge is 0.417 e. The fourth-order valence-electron chi connectivity index (χ4n) is 2.79. The minimum Gasteiger partial charge on any atom is -0.371 e. The molecule has 9 heteroatoms. The van der Waals surface area contributed by atoms with Crippen molar-refractivity contribution in [1.29, 1.82) is 0 Å². The zero-order valence-electron chi connectivity index (χ0n) is 13.4. The summed E-state index contributed by atoms with van der Waals surface area (Å²) in [6.07, 6.45) is -5.47. The lowest BCUT2D eigenvalue weighted by molar-refractivity contribution is -0.139. The Balaban J connectivity index is 1.92. The normalized spacial score (nSPS) is 19.5. The summed E-state index contributed by atoms with van der Waals surface area (Å²) in [5, 5.41) is 0. The highest BCUT2D eigenvalue weighted by molar-refractivity contribution is 7.89.